The third-order valence-corrected chi connectivity index (χ3v) is 2.82. The number of primary amides is 1. The monoisotopic (exact) mass is 265 g/mol. The van der Waals surface area contributed by atoms with Crippen LogP contribution in [0, 0.1) is 10.1 Å². The largest absolute Gasteiger partial charge is 0.433 e. The summed E-state index contributed by atoms with van der Waals surface area (Å²) in [5.74, 6) is -0.589. The van der Waals surface area contributed by atoms with Crippen molar-refractivity contribution >= 4 is 35.3 Å². The van der Waals surface area contributed by atoms with Crippen LogP contribution in [-0.4, -0.2) is 15.8 Å². The molecule has 0 fully saturated rings. The maximum Gasteiger partial charge on any atom is 0.433 e. The third kappa shape index (κ3) is 2.61. The molecule has 7 nitrogen and oxygen atoms in total. The van der Waals surface area contributed by atoms with Gasteiger partial charge in [0.05, 0.1) is 11.8 Å². The van der Waals surface area contributed by atoms with Gasteiger partial charge in [0.1, 0.15) is 10.7 Å². The molecule has 2 aromatic rings. The number of nitrogens with two attached hydrogens (primary N) is 1. The molecule has 0 saturated heterocycles. The van der Waals surface area contributed by atoms with Gasteiger partial charge < -0.3 is 10.2 Å². The van der Waals surface area contributed by atoms with Gasteiger partial charge in [0.15, 0.2) is 5.01 Å². The van der Waals surface area contributed by atoms with E-state index in [1.54, 1.807) is 11.5 Å². The summed E-state index contributed by atoms with van der Waals surface area (Å²) in [6.45, 7) is 0. The Bertz CT molecular complexity index is 574. The molecule has 2 rings (SSSR count). The molecule has 8 heteroatoms. The average Bonchev–Trinajstić information content (AvgIpc) is 2.95. The number of hydrogen-bond donors (Lipinski definition) is 1. The summed E-state index contributed by atoms with van der Waals surface area (Å²) < 4.78 is 4.92. The van der Waals surface area contributed by atoms with E-state index in [1.165, 1.54) is 18.2 Å². The van der Waals surface area contributed by atoms with E-state index in [9.17, 15) is 14.9 Å². The lowest BCUT2D eigenvalue weighted by molar-refractivity contribution is -0.402. The molecule has 2 aromatic heterocycles. The maximum atomic E-state index is 10.8. The van der Waals surface area contributed by atoms with Crippen LogP contribution in [0.5, 0.6) is 0 Å². The predicted molar refractivity (Wildman–Crippen MR) is 64.9 cm³/mol. The van der Waals surface area contributed by atoms with Gasteiger partial charge in [-0.05, 0) is 18.2 Å². The van der Waals surface area contributed by atoms with Crippen molar-refractivity contribution in [2.75, 3.05) is 0 Å². The second-order valence-electron chi connectivity index (χ2n) is 3.21. The number of amides is 1. The normalized spacial score (nSPS) is 10.9. The Balaban J connectivity index is 2.13. The number of thiazole rings is 1. The van der Waals surface area contributed by atoms with Crippen molar-refractivity contribution in [1.29, 1.82) is 0 Å². The fourth-order valence-electron chi connectivity index (χ4n) is 1.17. The number of furan rings is 1. The van der Waals surface area contributed by atoms with E-state index in [0.717, 1.165) is 11.3 Å². The molecule has 0 radical (unpaired) electrons. The minimum atomic E-state index is -0.620. The van der Waals surface area contributed by atoms with Crippen LogP contribution in [0.1, 0.15) is 21.3 Å². The Kier molecular flexibility index (Phi) is 3.20. The van der Waals surface area contributed by atoms with E-state index in [-0.39, 0.29) is 10.9 Å². The maximum absolute atomic E-state index is 10.8. The molecule has 0 aliphatic rings. The van der Waals surface area contributed by atoms with Crippen LogP contribution in [0.4, 0.5) is 5.88 Å². The summed E-state index contributed by atoms with van der Waals surface area (Å²) in [4.78, 5) is 24.5. The van der Waals surface area contributed by atoms with Crippen LogP contribution >= 0.6 is 11.3 Å². The summed E-state index contributed by atoms with van der Waals surface area (Å²) >= 11 is 1.13. The lowest BCUT2D eigenvalue weighted by atomic mass is 10.3. The first-order chi connectivity index (χ1) is 8.56. The molecular formula is C10H7N3O4S. The van der Waals surface area contributed by atoms with Gasteiger partial charge in [0, 0.05) is 5.38 Å². The number of nitrogens with zero attached hydrogens (tertiary/aromatic N) is 2. The highest BCUT2D eigenvalue weighted by atomic mass is 32.1. The zero-order valence-electron chi connectivity index (χ0n) is 8.90. The van der Waals surface area contributed by atoms with Gasteiger partial charge in [0.2, 0.25) is 0 Å². The second kappa shape index (κ2) is 4.80. The molecule has 0 aliphatic carbocycles. The van der Waals surface area contributed by atoms with Gasteiger partial charge in [-0.15, -0.1) is 11.3 Å². The van der Waals surface area contributed by atoms with Crippen LogP contribution in [0.15, 0.2) is 21.9 Å². The Labute approximate surface area is 105 Å². The van der Waals surface area contributed by atoms with Crippen molar-refractivity contribution in [3.8, 4) is 0 Å². The van der Waals surface area contributed by atoms with Crippen LogP contribution < -0.4 is 5.73 Å². The minimum Gasteiger partial charge on any atom is -0.401 e. The highest BCUT2D eigenvalue weighted by molar-refractivity contribution is 7.11. The molecule has 92 valence electrons. The zero-order chi connectivity index (χ0) is 13.1. The van der Waals surface area contributed by atoms with Gasteiger partial charge in [-0.25, -0.2) is 4.98 Å². The fourth-order valence-corrected chi connectivity index (χ4v) is 1.81. The molecule has 0 spiro atoms. The second-order valence-corrected chi connectivity index (χ2v) is 4.07. The number of carbonyl (C=O) groups is 1. The van der Waals surface area contributed by atoms with Crippen molar-refractivity contribution in [3.63, 3.8) is 0 Å². The smallest absolute Gasteiger partial charge is 0.401 e. The van der Waals surface area contributed by atoms with Crippen molar-refractivity contribution in [2.45, 2.75) is 0 Å². The van der Waals surface area contributed by atoms with Crippen molar-refractivity contribution in [3.05, 3.63) is 44.1 Å². The van der Waals surface area contributed by atoms with Gasteiger partial charge >= 0.3 is 5.88 Å². The molecule has 0 unspecified atom stereocenters. The van der Waals surface area contributed by atoms with E-state index in [2.05, 4.69) is 4.98 Å². The lowest BCUT2D eigenvalue weighted by Crippen LogP contribution is -2.10. The molecule has 1 amide bonds. The highest BCUT2D eigenvalue weighted by Crippen LogP contribution is 2.18. The average molecular weight is 265 g/mol. The Morgan fingerprint density at radius 2 is 2.28 bits per heavy atom. The van der Waals surface area contributed by atoms with Crippen LogP contribution in [0.2, 0.25) is 0 Å². The van der Waals surface area contributed by atoms with Crippen molar-refractivity contribution in [1.82, 2.24) is 4.98 Å². The van der Waals surface area contributed by atoms with Gasteiger partial charge in [0.25, 0.3) is 5.91 Å². The summed E-state index contributed by atoms with van der Waals surface area (Å²) in [6, 6.07) is 2.73. The number of nitro groups is 1. The lowest BCUT2D eigenvalue weighted by Gasteiger charge is -1.85. The van der Waals surface area contributed by atoms with E-state index in [1.807, 2.05) is 0 Å². The molecular weight excluding hydrogens is 258 g/mol. The topological polar surface area (TPSA) is 112 Å². The van der Waals surface area contributed by atoms with Gasteiger partial charge in [-0.3, -0.25) is 14.9 Å². The van der Waals surface area contributed by atoms with E-state index in [0.29, 0.717) is 11.5 Å². The Morgan fingerprint density at radius 3 is 2.83 bits per heavy atom. The number of hydrogen-bond acceptors (Lipinski definition) is 6. The summed E-state index contributed by atoms with van der Waals surface area (Å²) in [6.07, 6.45) is 3.10. The van der Waals surface area contributed by atoms with Crippen LogP contribution in [0.3, 0.4) is 0 Å². The molecule has 0 aromatic carbocycles. The first-order valence-corrected chi connectivity index (χ1v) is 5.62. The predicted octanol–water partition coefficient (Wildman–Crippen LogP) is 1.91. The Morgan fingerprint density at radius 1 is 1.50 bits per heavy atom. The molecule has 2 N–H and O–H groups in total. The minimum absolute atomic E-state index is 0.208. The van der Waals surface area contributed by atoms with Crippen molar-refractivity contribution < 1.29 is 14.1 Å². The number of rotatable bonds is 4. The first kappa shape index (κ1) is 12.0. The van der Waals surface area contributed by atoms with Crippen LogP contribution in [0.25, 0.3) is 12.2 Å². The third-order valence-electron chi connectivity index (χ3n) is 1.94. The number of carbonyl (C=O) groups excluding carboxylic acids is 1. The molecule has 0 atom stereocenters. The first-order valence-electron chi connectivity index (χ1n) is 4.74. The standard InChI is InChI=1S/C10H7N3O4S/c11-9(14)10-12-6(5-18-10)1-2-7-3-4-8(17-7)13(15)16/h1-5H,(H2,11,14)/b2-1+. The van der Waals surface area contributed by atoms with E-state index >= 15 is 0 Å². The van der Waals surface area contributed by atoms with Crippen molar-refractivity contribution in [2.24, 2.45) is 5.73 Å². The summed E-state index contributed by atoms with van der Waals surface area (Å²) in [7, 11) is 0. The summed E-state index contributed by atoms with van der Waals surface area (Å²) in [5.41, 5.74) is 5.60. The quantitative estimate of drug-likeness (QED) is 0.670. The van der Waals surface area contributed by atoms with E-state index in [4.69, 9.17) is 10.2 Å². The summed E-state index contributed by atoms with van der Waals surface area (Å²) in [5, 5.41) is 12.2. The van der Waals surface area contributed by atoms with Gasteiger partial charge in [-0.2, -0.15) is 0 Å². The molecule has 0 bridgehead atoms. The molecule has 0 aliphatic heterocycles. The Hall–Kier alpha value is -2.48. The SMILES string of the molecule is NC(=O)c1nc(/C=C/c2ccc([N+](=O)[O-])o2)cs1. The highest BCUT2D eigenvalue weighted by Gasteiger charge is 2.10. The fraction of sp³-hybridized carbons (Fsp3) is 0. The molecule has 18 heavy (non-hydrogen) atoms. The van der Waals surface area contributed by atoms with Gasteiger partial charge in [-0.1, -0.05) is 0 Å². The molecule has 2 heterocycles. The van der Waals surface area contributed by atoms with Crippen LogP contribution in [-0.2, 0) is 0 Å². The number of aromatic nitrogens is 1. The zero-order valence-corrected chi connectivity index (χ0v) is 9.72. The molecule has 0 saturated carbocycles. The van der Waals surface area contributed by atoms with E-state index < -0.39 is 10.8 Å².